The van der Waals surface area contributed by atoms with E-state index in [1.807, 2.05) is 13.1 Å². The van der Waals surface area contributed by atoms with Gasteiger partial charge in [0.25, 0.3) is 0 Å². The van der Waals surface area contributed by atoms with E-state index in [2.05, 4.69) is 10.4 Å². The summed E-state index contributed by atoms with van der Waals surface area (Å²) in [6.07, 6.45) is 1.83. The molecule has 0 radical (unpaired) electrons. The molecule has 0 amide bonds. The summed E-state index contributed by atoms with van der Waals surface area (Å²) in [7, 11) is 0. The van der Waals surface area contributed by atoms with Crippen LogP contribution in [0.4, 0.5) is 17.2 Å². The molecule has 0 bridgehead atoms. The van der Waals surface area contributed by atoms with Crippen LogP contribution in [0.1, 0.15) is 17.3 Å². The third-order valence-electron chi connectivity index (χ3n) is 2.53. The van der Waals surface area contributed by atoms with Crippen LogP contribution in [0.2, 0.25) is 0 Å². The number of nitrogens with one attached hydrogen (secondary N) is 1. The number of anilines is 3. The maximum absolute atomic E-state index is 10.9. The number of carboxylic acids is 1. The molecule has 0 saturated carbocycles. The molecule has 94 valence electrons. The van der Waals surface area contributed by atoms with Gasteiger partial charge in [0, 0.05) is 18.8 Å². The summed E-state index contributed by atoms with van der Waals surface area (Å²) < 4.78 is 1.76. The molecule has 1 aromatic carbocycles. The third kappa shape index (κ3) is 2.42. The van der Waals surface area contributed by atoms with Gasteiger partial charge in [-0.05, 0) is 25.1 Å². The first-order chi connectivity index (χ1) is 8.60. The van der Waals surface area contributed by atoms with E-state index < -0.39 is 5.97 Å². The summed E-state index contributed by atoms with van der Waals surface area (Å²) in [5, 5.41) is 16.2. The standard InChI is InChI=1S/C12H14N4O2/c1-2-16-6-5-11(15-16)14-10-7-8(12(17)18)3-4-9(10)13/h3-7H,2,13H2,1H3,(H,14,15)(H,17,18). The van der Waals surface area contributed by atoms with Crippen LogP contribution >= 0.6 is 0 Å². The first-order valence-corrected chi connectivity index (χ1v) is 5.53. The average molecular weight is 246 g/mol. The largest absolute Gasteiger partial charge is 0.478 e. The van der Waals surface area contributed by atoms with Gasteiger partial charge in [-0.25, -0.2) is 4.79 Å². The van der Waals surface area contributed by atoms with Crippen molar-refractivity contribution in [3.8, 4) is 0 Å². The summed E-state index contributed by atoms with van der Waals surface area (Å²) in [5.41, 5.74) is 6.98. The molecule has 0 atom stereocenters. The average Bonchev–Trinajstić information content (AvgIpc) is 2.79. The first-order valence-electron chi connectivity index (χ1n) is 5.53. The maximum atomic E-state index is 10.9. The van der Waals surface area contributed by atoms with E-state index in [1.165, 1.54) is 12.1 Å². The molecular weight excluding hydrogens is 232 g/mol. The predicted octanol–water partition coefficient (Wildman–Crippen LogP) is 1.93. The number of hydrogen-bond acceptors (Lipinski definition) is 4. The monoisotopic (exact) mass is 246 g/mol. The SMILES string of the molecule is CCn1ccc(Nc2cc(C(=O)O)ccc2N)n1. The van der Waals surface area contributed by atoms with Gasteiger partial charge < -0.3 is 16.2 Å². The van der Waals surface area contributed by atoms with Crippen LogP contribution in [0.5, 0.6) is 0 Å². The lowest BCUT2D eigenvalue weighted by atomic mass is 10.1. The number of aromatic nitrogens is 2. The fourth-order valence-electron chi connectivity index (χ4n) is 1.54. The van der Waals surface area contributed by atoms with Crippen LogP contribution < -0.4 is 11.1 Å². The van der Waals surface area contributed by atoms with Gasteiger partial charge in [0.05, 0.1) is 16.9 Å². The number of carboxylic acid groups (broad SMARTS) is 1. The third-order valence-corrected chi connectivity index (χ3v) is 2.53. The fourth-order valence-corrected chi connectivity index (χ4v) is 1.54. The smallest absolute Gasteiger partial charge is 0.335 e. The van der Waals surface area contributed by atoms with E-state index in [4.69, 9.17) is 10.8 Å². The molecule has 0 saturated heterocycles. The zero-order chi connectivity index (χ0) is 13.1. The Morgan fingerprint density at radius 1 is 1.50 bits per heavy atom. The highest BCUT2D eigenvalue weighted by molar-refractivity contribution is 5.91. The van der Waals surface area contributed by atoms with Gasteiger partial charge in [0.1, 0.15) is 0 Å². The Balaban J connectivity index is 2.27. The summed E-state index contributed by atoms with van der Waals surface area (Å²) >= 11 is 0. The molecule has 0 aliphatic heterocycles. The molecule has 6 heteroatoms. The van der Waals surface area contributed by atoms with Crippen LogP contribution in [0, 0.1) is 0 Å². The van der Waals surface area contributed by atoms with Crippen molar-refractivity contribution < 1.29 is 9.90 Å². The minimum atomic E-state index is -0.989. The van der Waals surface area contributed by atoms with E-state index in [-0.39, 0.29) is 5.56 Å². The summed E-state index contributed by atoms with van der Waals surface area (Å²) in [4.78, 5) is 10.9. The molecule has 0 fully saturated rings. The molecule has 2 aromatic rings. The normalized spacial score (nSPS) is 10.3. The van der Waals surface area contributed by atoms with Crippen LogP contribution in [-0.2, 0) is 6.54 Å². The van der Waals surface area contributed by atoms with Crippen molar-refractivity contribution >= 4 is 23.2 Å². The molecule has 1 aromatic heterocycles. The van der Waals surface area contributed by atoms with Gasteiger partial charge in [-0.3, -0.25) is 4.68 Å². The van der Waals surface area contributed by atoms with Crippen LogP contribution in [0.15, 0.2) is 30.5 Å². The van der Waals surface area contributed by atoms with E-state index in [0.717, 1.165) is 6.54 Å². The number of nitrogen functional groups attached to an aromatic ring is 1. The number of aryl methyl sites for hydroxylation is 1. The Labute approximate surface area is 104 Å². The summed E-state index contributed by atoms with van der Waals surface area (Å²) in [5.74, 6) is -0.358. The van der Waals surface area contributed by atoms with Gasteiger partial charge in [-0.1, -0.05) is 0 Å². The molecule has 1 heterocycles. The van der Waals surface area contributed by atoms with E-state index in [0.29, 0.717) is 17.2 Å². The molecule has 0 spiro atoms. The minimum Gasteiger partial charge on any atom is -0.478 e. The van der Waals surface area contributed by atoms with Crippen molar-refractivity contribution in [1.82, 2.24) is 9.78 Å². The van der Waals surface area contributed by atoms with E-state index in [9.17, 15) is 4.79 Å². The van der Waals surface area contributed by atoms with Gasteiger partial charge in [-0.2, -0.15) is 5.10 Å². The van der Waals surface area contributed by atoms with Gasteiger partial charge in [0.15, 0.2) is 5.82 Å². The highest BCUT2D eigenvalue weighted by Gasteiger charge is 2.07. The summed E-state index contributed by atoms with van der Waals surface area (Å²) in [6.45, 7) is 2.75. The molecule has 0 unspecified atom stereocenters. The van der Waals surface area contributed by atoms with Crippen molar-refractivity contribution in [3.05, 3.63) is 36.0 Å². The number of nitrogens with zero attached hydrogens (tertiary/aromatic N) is 2. The second-order valence-corrected chi connectivity index (χ2v) is 3.79. The maximum Gasteiger partial charge on any atom is 0.335 e. The van der Waals surface area contributed by atoms with Crippen molar-refractivity contribution in [2.24, 2.45) is 0 Å². The summed E-state index contributed by atoms with van der Waals surface area (Å²) in [6, 6.07) is 6.31. The second kappa shape index (κ2) is 4.79. The molecule has 6 nitrogen and oxygen atoms in total. The Bertz CT molecular complexity index is 577. The number of hydrogen-bond donors (Lipinski definition) is 3. The highest BCUT2D eigenvalue weighted by atomic mass is 16.4. The Morgan fingerprint density at radius 3 is 2.89 bits per heavy atom. The number of nitrogens with two attached hydrogens (primary N) is 1. The quantitative estimate of drug-likeness (QED) is 0.717. The van der Waals surface area contributed by atoms with Crippen molar-refractivity contribution in [1.29, 1.82) is 0 Å². The fraction of sp³-hybridized carbons (Fsp3) is 0.167. The lowest BCUT2D eigenvalue weighted by Gasteiger charge is -2.07. The lowest BCUT2D eigenvalue weighted by molar-refractivity contribution is 0.0697. The lowest BCUT2D eigenvalue weighted by Crippen LogP contribution is -2.02. The topological polar surface area (TPSA) is 93.2 Å². The van der Waals surface area contributed by atoms with Crippen molar-refractivity contribution in [3.63, 3.8) is 0 Å². The molecule has 0 aliphatic carbocycles. The molecule has 0 aliphatic rings. The molecule has 4 N–H and O–H groups in total. The van der Waals surface area contributed by atoms with Crippen LogP contribution in [0.3, 0.4) is 0 Å². The minimum absolute atomic E-state index is 0.182. The molecular formula is C12H14N4O2. The first kappa shape index (κ1) is 12.0. The van der Waals surface area contributed by atoms with Crippen molar-refractivity contribution in [2.75, 3.05) is 11.1 Å². The Kier molecular flexibility index (Phi) is 3.18. The Hall–Kier alpha value is -2.50. The number of rotatable bonds is 4. The Morgan fingerprint density at radius 2 is 2.28 bits per heavy atom. The highest BCUT2D eigenvalue weighted by Crippen LogP contribution is 2.23. The predicted molar refractivity (Wildman–Crippen MR) is 69.0 cm³/mol. The van der Waals surface area contributed by atoms with Gasteiger partial charge in [0.2, 0.25) is 0 Å². The van der Waals surface area contributed by atoms with Crippen LogP contribution in [0.25, 0.3) is 0 Å². The van der Waals surface area contributed by atoms with E-state index in [1.54, 1.807) is 16.8 Å². The van der Waals surface area contributed by atoms with E-state index >= 15 is 0 Å². The number of benzene rings is 1. The second-order valence-electron chi connectivity index (χ2n) is 3.79. The molecule has 18 heavy (non-hydrogen) atoms. The van der Waals surface area contributed by atoms with Gasteiger partial charge in [-0.15, -0.1) is 0 Å². The van der Waals surface area contributed by atoms with Gasteiger partial charge >= 0.3 is 5.97 Å². The van der Waals surface area contributed by atoms with Crippen LogP contribution in [-0.4, -0.2) is 20.9 Å². The number of aromatic carboxylic acids is 1. The number of carbonyl (C=O) groups is 1. The zero-order valence-corrected chi connectivity index (χ0v) is 9.92. The zero-order valence-electron chi connectivity index (χ0n) is 9.92. The molecule has 2 rings (SSSR count). The van der Waals surface area contributed by atoms with Crippen molar-refractivity contribution in [2.45, 2.75) is 13.5 Å².